The number of aromatic nitrogens is 2. The molecule has 1 N–H and O–H groups in total. The summed E-state index contributed by atoms with van der Waals surface area (Å²) in [6, 6.07) is 13.2. The minimum absolute atomic E-state index is 0.122. The van der Waals surface area contributed by atoms with Crippen LogP contribution in [0.4, 0.5) is 10.1 Å². The summed E-state index contributed by atoms with van der Waals surface area (Å²) in [6.45, 7) is 5.70. The van der Waals surface area contributed by atoms with Crippen LogP contribution >= 0.6 is 23.2 Å². The van der Waals surface area contributed by atoms with Crippen molar-refractivity contribution >= 4 is 34.8 Å². The number of carbonyl (C=O) groups excluding carboxylic acids is 1. The highest BCUT2D eigenvalue weighted by molar-refractivity contribution is 6.32. The number of anilines is 1. The summed E-state index contributed by atoms with van der Waals surface area (Å²) in [5.74, 6) is 0.318. The van der Waals surface area contributed by atoms with E-state index < -0.39 is 11.7 Å². The molecular weight excluding hydrogens is 480 g/mol. The highest BCUT2D eigenvalue weighted by Crippen LogP contribution is 2.29. The number of aryl methyl sites for hydroxylation is 2. The third-order valence-corrected chi connectivity index (χ3v) is 6.05. The second kappa shape index (κ2) is 9.91. The number of hydrogen-bond acceptors (Lipinski definition) is 4. The van der Waals surface area contributed by atoms with Gasteiger partial charge in [-0.15, -0.1) is 0 Å². The highest BCUT2D eigenvalue weighted by atomic mass is 35.5. The Bertz CT molecular complexity index is 1320. The molecule has 0 radical (unpaired) electrons. The maximum atomic E-state index is 14.2. The molecule has 0 saturated carbocycles. The molecule has 0 unspecified atom stereocenters. The normalized spacial score (nSPS) is 11.0. The monoisotopic (exact) mass is 501 g/mol. The Balaban J connectivity index is 1.46. The largest absolute Gasteiger partial charge is 0.484 e. The average Bonchev–Trinajstić information content (AvgIpc) is 3.36. The Kier molecular flexibility index (Phi) is 6.95. The van der Waals surface area contributed by atoms with Crippen LogP contribution in [0.2, 0.25) is 10.0 Å². The first kappa shape index (κ1) is 23.9. The Morgan fingerprint density at radius 2 is 1.82 bits per heavy atom. The molecule has 9 heteroatoms. The SMILES string of the molecule is Cc1cccc(Cl)c1OCc1ccc(C(=O)Nc2c(C)nn(Cc3c(F)cccc3Cl)c2C)o1. The van der Waals surface area contributed by atoms with Gasteiger partial charge in [0.05, 0.1) is 28.6 Å². The smallest absolute Gasteiger partial charge is 0.291 e. The van der Waals surface area contributed by atoms with Gasteiger partial charge in [0.1, 0.15) is 23.9 Å². The van der Waals surface area contributed by atoms with Crippen LogP contribution in [-0.2, 0) is 13.2 Å². The van der Waals surface area contributed by atoms with Gasteiger partial charge >= 0.3 is 0 Å². The third kappa shape index (κ3) is 4.95. The quantitative estimate of drug-likeness (QED) is 0.304. The summed E-state index contributed by atoms with van der Waals surface area (Å²) in [7, 11) is 0. The zero-order chi connectivity index (χ0) is 24.4. The van der Waals surface area contributed by atoms with Crippen LogP contribution < -0.4 is 10.1 Å². The van der Waals surface area contributed by atoms with Gasteiger partial charge in [-0.1, -0.05) is 41.4 Å². The molecule has 0 aliphatic rings. The van der Waals surface area contributed by atoms with E-state index in [-0.39, 0.29) is 18.9 Å². The summed E-state index contributed by atoms with van der Waals surface area (Å²) in [5.41, 5.74) is 3.00. The van der Waals surface area contributed by atoms with Crippen molar-refractivity contribution in [1.82, 2.24) is 9.78 Å². The number of amides is 1. The first-order chi connectivity index (χ1) is 16.2. The average molecular weight is 502 g/mol. The molecule has 0 atom stereocenters. The van der Waals surface area contributed by atoms with Gasteiger partial charge in [0.25, 0.3) is 5.91 Å². The van der Waals surface area contributed by atoms with Gasteiger partial charge in [0.15, 0.2) is 5.76 Å². The van der Waals surface area contributed by atoms with Gasteiger partial charge in [-0.3, -0.25) is 9.48 Å². The molecule has 1 amide bonds. The van der Waals surface area contributed by atoms with Crippen molar-refractivity contribution in [3.05, 3.63) is 98.4 Å². The summed E-state index contributed by atoms with van der Waals surface area (Å²) < 4.78 is 27.2. The summed E-state index contributed by atoms with van der Waals surface area (Å²) in [5, 5.41) is 8.08. The number of furan rings is 1. The van der Waals surface area contributed by atoms with Crippen molar-refractivity contribution in [2.24, 2.45) is 0 Å². The Morgan fingerprint density at radius 3 is 2.56 bits per heavy atom. The third-order valence-electron chi connectivity index (χ3n) is 5.40. The maximum Gasteiger partial charge on any atom is 0.291 e. The fourth-order valence-electron chi connectivity index (χ4n) is 3.56. The van der Waals surface area contributed by atoms with E-state index in [9.17, 15) is 9.18 Å². The topological polar surface area (TPSA) is 69.3 Å². The lowest BCUT2D eigenvalue weighted by Gasteiger charge is -2.09. The van der Waals surface area contributed by atoms with E-state index >= 15 is 0 Å². The van der Waals surface area contributed by atoms with Crippen molar-refractivity contribution in [3.63, 3.8) is 0 Å². The molecule has 2 aromatic heterocycles. The molecule has 0 aliphatic carbocycles. The van der Waals surface area contributed by atoms with E-state index in [2.05, 4.69) is 10.4 Å². The van der Waals surface area contributed by atoms with Crippen LogP contribution in [0.15, 0.2) is 52.9 Å². The van der Waals surface area contributed by atoms with Crippen molar-refractivity contribution in [3.8, 4) is 5.75 Å². The number of rotatable bonds is 7. The summed E-state index contributed by atoms with van der Waals surface area (Å²) >= 11 is 12.3. The van der Waals surface area contributed by atoms with Gasteiger partial charge < -0.3 is 14.5 Å². The van der Waals surface area contributed by atoms with E-state index in [1.807, 2.05) is 19.1 Å². The zero-order valence-electron chi connectivity index (χ0n) is 18.8. The lowest BCUT2D eigenvalue weighted by Crippen LogP contribution is -2.13. The number of nitrogens with one attached hydrogen (secondary N) is 1. The van der Waals surface area contributed by atoms with Crippen molar-refractivity contribution < 1.29 is 18.3 Å². The molecule has 0 spiro atoms. The Labute approximate surface area is 206 Å². The second-order valence-corrected chi connectivity index (χ2v) is 8.61. The molecule has 4 rings (SSSR count). The molecule has 2 aromatic carbocycles. The van der Waals surface area contributed by atoms with Crippen molar-refractivity contribution in [2.45, 2.75) is 33.9 Å². The number of nitrogens with zero attached hydrogens (tertiary/aromatic N) is 2. The number of carbonyl (C=O) groups is 1. The minimum atomic E-state index is -0.435. The number of halogens is 3. The standard InChI is InChI=1S/C25H22Cl2FN3O3/c1-14-6-4-8-20(27)24(14)33-13-17-10-11-22(34-17)25(32)29-23-15(2)30-31(16(23)3)12-18-19(26)7-5-9-21(18)28/h4-11H,12-13H2,1-3H3,(H,29,32). The van der Waals surface area contributed by atoms with Crippen LogP contribution in [0.25, 0.3) is 0 Å². The van der Waals surface area contributed by atoms with E-state index in [4.69, 9.17) is 32.4 Å². The molecule has 0 saturated heterocycles. The van der Waals surface area contributed by atoms with E-state index in [0.29, 0.717) is 44.2 Å². The first-order valence-electron chi connectivity index (χ1n) is 10.5. The fourth-order valence-corrected chi connectivity index (χ4v) is 4.06. The molecule has 6 nitrogen and oxygen atoms in total. The van der Waals surface area contributed by atoms with Gasteiger partial charge in [0, 0.05) is 10.6 Å². The number of benzene rings is 2. The Hall–Kier alpha value is -3.29. The predicted molar refractivity (Wildman–Crippen MR) is 129 cm³/mol. The van der Waals surface area contributed by atoms with Crippen LogP contribution in [0.1, 0.15) is 38.8 Å². The number of para-hydroxylation sites is 1. The van der Waals surface area contributed by atoms with Crippen LogP contribution in [0.5, 0.6) is 5.75 Å². The summed E-state index contributed by atoms with van der Waals surface area (Å²) in [6.07, 6.45) is 0. The van der Waals surface area contributed by atoms with Crippen molar-refractivity contribution in [1.29, 1.82) is 0 Å². The lowest BCUT2D eigenvalue weighted by molar-refractivity contribution is 0.0992. The highest BCUT2D eigenvalue weighted by Gasteiger charge is 2.19. The molecule has 4 aromatic rings. The molecule has 176 valence electrons. The lowest BCUT2D eigenvalue weighted by atomic mass is 10.2. The summed E-state index contributed by atoms with van der Waals surface area (Å²) in [4.78, 5) is 12.8. The fraction of sp³-hybridized carbons (Fsp3) is 0.200. The van der Waals surface area contributed by atoms with Gasteiger partial charge in [0.2, 0.25) is 0 Å². The van der Waals surface area contributed by atoms with Gasteiger partial charge in [-0.05, 0) is 56.7 Å². The van der Waals surface area contributed by atoms with E-state index in [1.54, 1.807) is 48.9 Å². The van der Waals surface area contributed by atoms with Crippen LogP contribution in [-0.4, -0.2) is 15.7 Å². The molecule has 34 heavy (non-hydrogen) atoms. The number of hydrogen-bond donors (Lipinski definition) is 1. The Morgan fingerprint density at radius 1 is 1.09 bits per heavy atom. The first-order valence-corrected chi connectivity index (χ1v) is 11.2. The predicted octanol–water partition coefficient (Wildman–Crippen LogP) is 6.73. The number of ether oxygens (including phenoxy) is 1. The van der Waals surface area contributed by atoms with Gasteiger partial charge in [-0.2, -0.15) is 5.10 Å². The minimum Gasteiger partial charge on any atom is -0.484 e. The molecule has 2 heterocycles. The van der Waals surface area contributed by atoms with Crippen LogP contribution in [0.3, 0.4) is 0 Å². The van der Waals surface area contributed by atoms with Gasteiger partial charge in [-0.25, -0.2) is 4.39 Å². The maximum absolute atomic E-state index is 14.2. The molecule has 0 bridgehead atoms. The molecular formula is C25H22Cl2FN3O3. The van der Waals surface area contributed by atoms with E-state index in [1.165, 1.54) is 6.07 Å². The zero-order valence-corrected chi connectivity index (χ0v) is 20.3. The second-order valence-electron chi connectivity index (χ2n) is 7.80. The molecule has 0 aliphatic heterocycles. The van der Waals surface area contributed by atoms with Crippen LogP contribution in [0, 0.1) is 26.6 Å². The van der Waals surface area contributed by atoms with Crippen molar-refractivity contribution in [2.75, 3.05) is 5.32 Å². The molecule has 0 fully saturated rings. The van der Waals surface area contributed by atoms with E-state index in [0.717, 1.165) is 5.56 Å².